The number of unbranched alkanes of at least 4 members (excludes halogenated alkanes) is 5. The van der Waals surface area contributed by atoms with Crippen molar-refractivity contribution in [2.24, 2.45) is 5.84 Å². The molecular formula is C14H25BrN2S. The third-order valence-electron chi connectivity index (χ3n) is 3.27. The predicted molar refractivity (Wildman–Crippen MR) is 84.8 cm³/mol. The first kappa shape index (κ1) is 16.2. The molecule has 18 heavy (non-hydrogen) atoms. The van der Waals surface area contributed by atoms with Crippen LogP contribution in [0.15, 0.2) is 9.85 Å². The quantitative estimate of drug-likeness (QED) is 0.376. The van der Waals surface area contributed by atoms with Crippen molar-refractivity contribution < 1.29 is 0 Å². The number of hydrogen-bond acceptors (Lipinski definition) is 3. The Bertz CT molecular complexity index is 319. The third-order valence-corrected chi connectivity index (χ3v) is 5.52. The zero-order valence-corrected chi connectivity index (χ0v) is 13.9. The van der Waals surface area contributed by atoms with Gasteiger partial charge in [0.05, 0.1) is 9.83 Å². The maximum Gasteiger partial charge on any atom is 0.0731 e. The van der Waals surface area contributed by atoms with E-state index in [0.29, 0.717) is 6.04 Å². The van der Waals surface area contributed by atoms with Gasteiger partial charge in [-0.1, -0.05) is 45.4 Å². The zero-order valence-electron chi connectivity index (χ0n) is 11.5. The molecule has 0 saturated heterocycles. The molecule has 0 radical (unpaired) electrons. The van der Waals surface area contributed by atoms with Crippen molar-refractivity contribution in [1.82, 2.24) is 5.43 Å². The summed E-state index contributed by atoms with van der Waals surface area (Å²) in [4.78, 5) is 1.34. The van der Waals surface area contributed by atoms with Gasteiger partial charge in [-0.25, -0.2) is 0 Å². The molecule has 1 aromatic heterocycles. The van der Waals surface area contributed by atoms with E-state index in [2.05, 4.69) is 41.3 Å². The molecular weight excluding hydrogens is 308 g/mol. The molecule has 4 heteroatoms. The third kappa shape index (κ3) is 5.39. The summed E-state index contributed by atoms with van der Waals surface area (Å²) in [5.74, 6) is 5.67. The fourth-order valence-corrected chi connectivity index (χ4v) is 3.76. The maximum atomic E-state index is 5.67. The second-order valence-corrected chi connectivity index (χ2v) is 7.28. The molecule has 0 spiro atoms. The van der Waals surface area contributed by atoms with Crippen LogP contribution in [0.2, 0.25) is 0 Å². The van der Waals surface area contributed by atoms with Crippen LogP contribution in [0.4, 0.5) is 0 Å². The molecule has 0 amide bonds. The lowest BCUT2D eigenvalue weighted by Gasteiger charge is -2.13. The minimum absolute atomic E-state index is 0.311. The van der Waals surface area contributed by atoms with Gasteiger partial charge in [0, 0.05) is 4.88 Å². The Morgan fingerprint density at radius 2 is 1.94 bits per heavy atom. The minimum atomic E-state index is 0.311. The monoisotopic (exact) mass is 332 g/mol. The lowest BCUT2D eigenvalue weighted by Crippen LogP contribution is -2.27. The van der Waals surface area contributed by atoms with Gasteiger partial charge in [0.25, 0.3) is 0 Å². The standard InChI is InChI=1S/C14H25BrN2S/c1-3-4-5-6-7-8-9-12(17-16)13-10-11(2)14(15)18-13/h10,12,17H,3-9,16H2,1-2H3. The molecule has 0 saturated carbocycles. The highest BCUT2D eigenvalue weighted by molar-refractivity contribution is 9.11. The van der Waals surface area contributed by atoms with E-state index in [9.17, 15) is 0 Å². The van der Waals surface area contributed by atoms with Crippen LogP contribution >= 0.6 is 27.3 Å². The van der Waals surface area contributed by atoms with E-state index in [-0.39, 0.29) is 0 Å². The smallest absolute Gasteiger partial charge is 0.0731 e. The van der Waals surface area contributed by atoms with E-state index in [1.165, 1.54) is 52.8 Å². The summed E-state index contributed by atoms with van der Waals surface area (Å²) >= 11 is 5.37. The summed E-state index contributed by atoms with van der Waals surface area (Å²) in [6.45, 7) is 4.38. The number of aryl methyl sites for hydroxylation is 1. The number of nitrogens with two attached hydrogens (primary N) is 1. The van der Waals surface area contributed by atoms with Crippen molar-refractivity contribution in [2.75, 3.05) is 0 Å². The SMILES string of the molecule is CCCCCCCCC(NN)c1cc(C)c(Br)s1. The van der Waals surface area contributed by atoms with Crippen LogP contribution < -0.4 is 11.3 Å². The highest BCUT2D eigenvalue weighted by Gasteiger charge is 2.13. The summed E-state index contributed by atoms with van der Waals surface area (Å²) in [5.41, 5.74) is 4.25. The molecule has 0 aliphatic rings. The highest BCUT2D eigenvalue weighted by Crippen LogP contribution is 2.33. The van der Waals surface area contributed by atoms with Gasteiger partial charge < -0.3 is 0 Å². The number of hydrogen-bond donors (Lipinski definition) is 2. The van der Waals surface area contributed by atoms with E-state index in [1.807, 2.05) is 0 Å². The lowest BCUT2D eigenvalue weighted by atomic mass is 10.0. The molecule has 1 heterocycles. The van der Waals surface area contributed by atoms with Gasteiger partial charge in [0.2, 0.25) is 0 Å². The normalized spacial score (nSPS) is 12.9. The number of thiophene rings is 1. The fourth-order valence-electron chi connectivity index (χ4n) is 2.09. The Balaban J connectivity index is 2.29. The Labute approximate surface area is 123 Å². The highest BCUT2D eigenvalue weighted by atomic mass is 79.9. The average molecular weight is 333 g/mol. The van der Waals surface area contributed by atoms with E-state index in [4.69, 9.17) is 5.84 Å². The molecule has 0 aliphatic heterocycles. The molecule has 0 fully saturated rings. The molecule has 0 aliphatic carbocycles. The fraction of sp³-hybridized carbons (Fsp3) is 0.714. The van der Waals surface area contributed by atoms with Crippen molar-refractivity contribution in [1.29, 1.82) is 0 Å². The van der Waals surface area contributed by atoms with Gasteiger partial charge in [-0.3, -0.25) is 11.3 Å². The molecule has 1 rings (SSSR count). The number of nitrogens with one attached hydrogen (secondary N) is 1. The summed E-state index contributed by atoms with van der Waals surface area (Å²) < 4.78 is 1.22. The van der Waals surface area contributed by atoms with E-state index in [0.717, 1.165) is 6.42 Å². The Kier molecular flexibility index (Phi) is 8.15. The van der Waals surface area contributed by atoms with E-state index in [1.54, 1.807) is 11.3 Å². The van der Waals surface area contributed by atoms with Crippen LogP contribution in [0.25, 0.3) is 0 Å². The van der Waals surface area contributed by atoms with Crippen LogP contribution in [-0.2, 0) is 0 Å². The van der Waals surface area contributed by atoms with Crippen molar-refractivity contribution in [3.05, 3.63) is 20.3 Å². The van der Waals surface area contributed by atoms with Crippen molar-refractivity contribution >= 4 is 27.3 Å². The summed E-state index contributed by atoms with van der Waals surface area (Å²) in [6, 6.07) is 2.54. The first-order valence-electron chi connectivity index (χ1n) is 6.91. The molecule has 0 bridgehead atoms. The van der Waals surface area contributed by atoms with Gasteiger partial charge in [-0.15, -0.1) is 11.3 Å². The number of rotatable bonds is 9. The van der Waals surface area contributed by atoms with Crippen LogP contribution in [0, 0.1) is 6.92 Å². The molecule has 1 aromatic rings. The predicted octanol–water partition coefficient (Wildman–Crippen LogP) is 5.07. The molecule has 2 nitrogen and oxygen atoms in total. The van der Waals surface area contributed by atoms with Gasteiger partial charge in [-0.05, 0) is 40.9 Å². The second kappa shape index (κ2) is 9.08. The average Bonchev–Trinajstić information content (AvgIpc) is 2.69. The summed E-state index contributed by atoms with van der Waals surface area (Å²) in [5, 5.41) is 0. The van der Waals surface area contributed by atoms with E-state index >= 15 is 0 Å². The first-order chi connectivity index (χ1) is 8.69. The van der Waals surface area contributed by atoms with E-state index < -0.39 is 0 Å². The zero-order chi connectivity index (χ0) is 13.4. The molecule has 0 aromatic carbocycles. The molecule has 1 atom stereocenters. The van der Waals surface area contributed by atoms with Gasteiger partial charge >= 0.3 is 0 Å². The van der Waals surface area contributed by atoms with Crippen LogP contribution in [0.5, 0.6) is 0 Å². The Hall–Kier alpha value is 0.1000. The van der Waals surface area contributed by atoms with Gasteiger partial charge in [-0.2, -0.15) is 0 Å². The van der Waals surface area contributed by atoms with Crippen LogP contribution in [0.3, 0.4) is 0 Å². The Morgan fingerprint density at radius 1 is 1.28 bits per heavy atom. The lowest BCUT2D eigenvalue weighted by molar-refractivity contribution is 0.482. The van der Waals surface area contributed by atoms with Crippen molar-refractivity contribution in [3.8, 4) is 0 Å². The maximum absolute atomic E-state index is 5.67. The first-order valence-corrected chi connectivity index (χ1v) is 8.52. The summed E-state index contributed by atoms with van der Waals surface area (Å²) in [7, 11) is 0. The minimum Gasteiger partial charge on any atom is -0.271 e. The van der Waals surface area contributed by atoms with Crippen molar-refractivity contribution in [2.45, 2.75) is 64.8 Å². The molecule has 104 valence electrons. The molecule has 1 unspecified atom stereocenters. The van der Waals surface area contributed by atoms with Crippen LogP contribution in [0.1, 0.15) is 68.4 Å². The number of hydrazine groups is 1. The van der Waals surface area contributed by atoms with Crippen molar-refractivity contribution in [3.63, 3.8) is 0 Å². The second-order valence-electron chi connectivity index (χ2n) is 4.88. The topological polar surface area (TPSA) is 38.0 Å². The largest absolute Gasteiger partial charge is 0.271 e. The number of halogens is 1. The van der Waals surface area contributed by atoms with Gasteiger partial charge in [0.1, 0.15) is 0 Å². The van der Waals surface area contributed by atoms with Gasteiger partial charge in [0.15, 0.2) is 0 Å². The molecule has 3 N–H and O–H groups in total. The summed E-state index contributed by atoms with van der Waals surface area (Å²) in [6.07, 6.45) is 9.14. The Morgan fingerprint density at radius 3 is 2.50 bits per heavy atom. The van der Waals surface area contributed by atoms with Crippen LogP contribution in [-0.4, -0.2) is 0 Å².